The summed E-state index contributed by atoms with van der Waals surface area (Å²) < 4.78 is 54.4. The average molecular weight is 304 g/mol. The zero-order valence-corrected chi connectivity index (χ0v) is 10.8. The smallest absolute Gasteiger partial charge is 0.403 e. The van der Waals surface area contributed by atoms with Crippen LogP contribution in [0.3, 0.4) is 0 Å². The molecule has 0 saturated carbocycles. The van der Waals surface area contributed by atoms with Crippen molar-refractivity contribution in [3.05, 3.63) is 29.6 Å². The van der Waals surface area contributed by atoms with Crippen molar-refractivity contribution in [3.8, 4) is 5.75 Å². The lowest BCUT2D eigenvalue weighted by atomic mass is 10.0. The largest absolute Gasteiger partial charge is 0.494 e. The van der Waals surface area contributed by atoms with Crippen molar-refractivity contribution >= 4 is 12.4 Å². The fraction of sp³-hybridized carbons (Fsp3) is 0.455. The molecular weight excluding hydrogens is 290 g/mol. The average Bonchev–Trinajstić information content (AvgIpc) is 2.28. The molecule has 0 aliphatic heterocycles. The van der Waals surface area contributed by atoms with E-state index >= 15 is 0 Å². The highest BCUT2D eigenvalue weighted by Gasteiger charge is 2.38. The van der Waals surface area contributed by atoms with Gasteiger partial charge in [0.05, 0.1) is 13.2 Å². The second-order valence-corrected chi connectivity index (χ2v) is 3.79. The Labute approximate surface area is 113 Å². The molecule has 19 heavy (non-hydrogen) atoms. The van der Waals surface area contributed by atoms with E-state index in [1.807, 2.05) is 0 Å². The highest BCUT2D eigenvalue weighted by molar-refractivity contribution is 5.85. The number of benzene rings is 1. The normalized spacial score (nSPS) is 14.5. The number of rotatable bonds is 4. The van der Waals surface area contributed by atoms with Gasteiger partial charge in [0.15, 0.2) is 11.6 Å². The van der Waals surface area contributed by atoms with Crippen LogP contribution in [0.5, 0.6) is 5.75 Å². The van der Waals surface area contributed by atoms with Crippen LogP contribution < -0.4 is 10.5 Å². The minimum atomic E-state index is -4.58. The van der Waals surface area contributed by atoms with Gasteiger partial charge in [0, 0.05) is 6.42 Å². The first kappa shape index (κ1) is 17.9. The summed E-state index contributed by atoms with van der Waals surface area (Å²) in [6.45, 7) is 0. The van der Waals surface area contributed by atoms with Gasteiger partial charge >= 0.3 is 6.18 Å². The quantitative estimate of drug-likeness (QED) is 0.841. The lowest BCUT2D eigenvalue weighted by Gasteiger charge is -2.19. The summed E-state index contributed by atoms with van der Waals surface area (Å²) in [6, 6.07) is 1.20. The number of methoxy groups -OCH3 is 1. The van der Waals surface area contributed by atoms with Crippen molar-refractivity contribution in [3.63, 3.8) is 0 Å². The van der Waals surface area contributed by atoms with Gasteiger partial charge in [0.1, 0.15) is 6.04 Å². The van der Waals surface area contributed by atoms with E-state index in [4.69, 9.17) is 5.73 Å². The molecule has 0 amide bonds. The summed E-state index contributed by atoms with van der Waals surface area (Å²) in [5.41, 5.74) is 5.02. The maximum absolute atomic E-state index is 13.1. The van der Waals surface area contributed by atoms with Crippen LogP contribution in [-0.2, 0) is 0 Å². The van der Waals surface area contributed by atoms with Gasteiger partial charge in [-0.3, -0.25) is 0 Å². The molecular formula is C11H14ClF4NO2. The lowest BCUT2D eigenvalue weighted by Crippen LogP contribution is -2.38. The number of aliphatic hydroxyl groups excluding tert-OH is 1. The summed E-state index contributed by atoms with van der Waals surface area (Å²) in [6.07, 6.45) is -6.71. The summed E-state index contributed by atoms with van der Waals surface area (Å²) in [7, 11) is 1.22. The molecule has 1 rings (SSSR count). The second kappa shape index (κ2) is 6.93. The Balaban J connectivity index is 0.00000324. The van der Waals surface area contributed by atoms with Crippen LogP contribution in [0.2, 0.25) is 0 Å². The number of ether oxygens (including phenoxy) is 1. The van der Waals surface area contributed by atoms with Gasteiger partial charge in [-0.1, -0.05) is 6.07 Å². The Morgan fingerprint density at radius 1 is 1.37 bits per heavy atom. The Bertz CT molecular complexity index is 414. The van der Waals surface area contributed by atoms with E-state index in [0.717, 1.165) is 12.1 Å². The molecule has 0 bridgehead atoms. The zero-order valence-electron chi connectivity index (χ0n) is 9.95. The van der Waals surface area contributed by atoms with E-state index in [1.165, 1.54) is 13.2 Å². The Kier molecular flexibility index (Phi) is 6.54. The fourth-order valence-corrected chi connectivity index (χ4v) is 1.39. The summed E-state index contributed by atoms with van der Waals surface area (Å²) in [4.78, 5) is 0. The van der Waals surface area contributed by atoms with Gasteiger partial charge in [0.25, 0.3) is 0 Å². The molecule has 0 spiro atoms. The summed E-state index contributed by atoms with van der Waals surface area (Å²) in [5.74, 6) is -0.805. The first-order valence-electron chi connectivity index (χ1n) is 5.09. The van der Waals surface area contributed by atoms with E-state index in [9.17, 15) is 22.7 Å². The molecule has 0 heterocycles. The predicted octanol–water partition coefficient (Wildman–Crippen LogP) is 2.57. The van der Waals surface area contributed by atoms with E-state index in [0.29, 0.717) is 0 Å². The Hall–Kier alpha value is -1.05. The number of hydrogen-bond donors (Lipinski definition) is 2. The van der Waals surface area contributed by atoms with Crippen molar-refractivity contribution in [1.82, 2.24) is 0 Å². The van der Waals surface area contributed by atoms with E-state index in [-0.39, 0.29) is 23.7 Å². The number of halogens is 5. The number of nitrogens with two attached hydrogens (primary N) is 1. The topological polar surface area (TPSA) is 55.5 Å². The van der Waals surface area contributed by atoms with Gasteiger partial charge < -0.3 is 15.6 Å². The minimum Gasteiger partial charge on any atom is -0.494 e. The monoisotopic (exact) mass is 303 g/mol. The van der Waals surface area contributed by atoms with Crippen LogP contribution in [-0.4, -0.2) is 24.4 Å². The predicted molar refractivity (Wildman–Crippen MR) is 63.8 cm³/mol. The third-order valence-corrected chi connectivity index (χ3v) is 2.46. The maximum Gasteiger partial charge on any atom is 0.403 e. The molecule has 0 aliphatic carbocycles. The van der Waals surface area contributed by atoms with Crippen LogP contribution in [0.4, 0.5) is 17.6 Å². The second-order valence-electron chi connectivity index (χ2n) is 3.79. The van der Waals surface area contributed by atoms with Gasteiger partial charge in [-0.15, -0.1) is 12.4 Å². The maximum atomic E-state index is 13.1. The molecule has 110 valence electrons. The molecule has 0 aliphatic rings. The number of aliphatic hydroxyl groups is 1. The molecule has 8 heteroatoms. The number of alkyl halides is 3. The molecule has 1 aromatic rings. The van der Waals surface area contributed by atoms with Crippen LogP contribution in [0.25, 0.3) is 0 Å². The molecule has 0 fully saturated rings. The summed E-state index contributed by atoms with van der Waals surface area (Å²) >= 11 is 0. The fourth-order valence-electron chi connectivity index (χ4n) is 1.39. The minimum absolute atomic E-state index is 0. The van der Waals surface area contributed by atoms with E-state index < -0.39 is 30.6 Å². The van der Waals surface area contributed by atoms with Gasteiger partial charge in [-0.25, -0.2) is 4.39 Å². The van der Waals surface area contributed by atoms with Crippen LogP contribution in [0.15, 0.2) is 18.2 Å². The molecule has 0 unspecified atom stereocenters. The van der Waals surface area contributed by atoms with E-state index in [1.54, 1.807) is 0 Å². The Morgan fingerprint density at radius 3 is 2.42 bits per heavy atom. The van der Waals surface area contributed by atoms with Crippen molar-refractivity contribution in [2.75, 3.05) is 7.11 Å². The molecule has 3 nitrogen and oxygen atoms in total. The Morgan fingerprint density at radius 2 is 1.95 bits per heavy atom. The highest BCUT2D eigenvalue weighted by Crippen LogP contribution is 2.29. The molecule has 2 atom stereocenters. The molecule has 0 radical (unpaired) electrons. The molecule has 0 aromatic heterocycles. The SMILES string of the molecule is COc1cc([C@@H](O)C[C@@H](N)C(F)(F)F)ccc1F.Cl. The van der Waals surface area contributed by atoms with Gasteiger partial charge in [0.2, 0.25) is 0 Å². The van der Waals surface area contributed by atoms with Crippen molar-refractivity contribution in [2.45, 2.75) is 24.7 Å². The van der Waals surface area contributed by atoms with E-state index in [2.05, 4.69) is 4.74 Å². The third-order valence-electron chi connectivity index (χ3n) is 2.46. The van der Waals surface area contributed by atoms with Crippen LogP contribution in [0, 0.1) is 5.82 Å². The molecule has 1 aromatic carbocycles. The van der Waals surface area contributed by atoms with Gasteiger partial charge in [-0.2, -0.15) is 13.2 Å². The van der Waals surface area contributed by atoms with Crippen LogP contribution >= 0.6 is 12.4 Å². The highest BCUT2D eigenvalue weighted by atomic mass is 35.5. The summed E-state index contributed by atoms with van der Waals surface area (Å²) in [5, 5.41) is 9.61. The first-order chi connectivity index (χ1) is 8.25. The number of hydrogen-bond acceptors (Lipinski definition) is 3. The zero-order chi connectivity index (χ0) is 13.9. The standard InChI is InChI=1S/C11H13F4NO2.ClH/c1-18-9-4-6(2-3-7(9)12)8(17)5-10(16)11(13,14)15;/h2-4,8,10,17H,5,16H2,1H3;1H/t8-,10+;/m0./s1. The third kappa shape index (κ3) is 4.85. The van der Waals surface area contributed by atoms with Crippen molar-refractivity contribution in [2.24, 2.45) is 5.73 Å². The first-order valence-corrected chi connectivity index (χ1v) is 5.09. The van der Waals surface area contributed by atoms with Crippen molar-refractivity contribution < 1.29 is 27.4 Å². The molecule has 3 N–H and O–H groups in total. The lowest BCUT2D eigenvalue weighted by molar-refractivity contribution is -0.153. The van der Waals surface area contributed by atoms with Gasteiger partial charge in [-0.05, 0) is 17.7 Å². The van der Waals surface area contributed by atoms with Crippen LogP contribution in [0.1, 0.15) is 18.1 Å². The van der Waals surface area contributed by atoms with Crippen molar-refractivity contribution in [1.29, 1.82) is 0 Å². The molecule has 0 saturated heterocycles.